The van der Waals surface area contributed by atoms with Crippen LogP contribution in [0.5, 0.6) is 0 Å². The minimum absolute atomic E-state index is 0.148. The third kappa shape index (κ3) is 4.91. The number of fused-ring (bicyclic) bond motifs is 1. The van der Waals surface area contributed by atoms with Crippen LogP contribution in [0.25, 0.3) is 10.9 Å². The number of aromatic nitrogens is 2. The number of aryl methyl sites for hydroxylation is 3. The standard InChI is InChI=1S/C32H39BN2O4S/c1-20(2)29-19-35(40(36,37)26-12-10-21(3)11-13-26)30-18-34-25(17-28(29)30)16-27-22(4)14-24(15-23(27)5)33-38-31(6,7)32(8,9)39-33/h10-15,17-20H,16H2,1-9H3. The summed E-state index contributed by atoms with van der Waals surface area (Å²) in [5.41, 5.74) is 7.21. The van der Waals surface area contributed by atoms with Crippen molar-refractivity contribution in [2.24, 2.45) is 0 Å². The molecule has 8 heteroatoms. The highest BCUT2D eigenvalue weighted by Crippen LogP contribution is 2.37. The summed E-state index contributed by atoms with van der Waals surface area (Å²) in [4.78, 5) is 5.01. The average molecular weight is 559 g/mol. The van der Waals surface area contributed by atoms with Crippen LogP contribution >= 0.6 is 0 Å². The molecule has 0 amide bonds. The quantitative estimate of drug-likeness (QED) is 0.263. The molecule has 0 aliphatic carbocycles. The van der Waals surface area contributed by atoms with Crippen molar-refractivity contribution in [3.63, 3.8) is 0 Å². The molecule has 1 aliphatic rings. The van der Waals surface area contributed by atoms with Crippen LogP contribution in [0.1, 0.15) is 81.0 Å². The van der Waals surface area contributed by atoms with Gasteiger partial charge in [-0.05, 0) is 100 Å². The molecule has 3 heterocycles. The lowest BCUT2D eigenvalue weighted by atomic mass is 9.76. The molecule has 1 saturated heterocycles. The summed E-state index contributed by atoms with van der Waals surface area (Å²) in [7, 11) is -4.16. The first-order valence-corrected chi connectivity index (χ1v) is 15.3. The second-order valence-electron chi connectivity index (χ2n) is 12.4. The number of hydrogen-bond acceptors (Lipinski definition) is 5. The minimum atomic E-state index is -3.76. The summed E-state index contributed by atoms with van der Waals surface area (Å²) >= 11 is 0. The van der Waals surface area contributed by atoms with Crippen molar-refractivity contribution in [2.75, 3.05) is 0 Å². The van der Waals surface area contributed by atoms with Crippen molar-refractivity contribution >= 4 is 33.5 Å². The fourth-order valence-corrected chi connectivity index (χ4v) is 6.71. The van der Waals surface area contributed by atoms with Gasteiger partial charge in [0.1, 0.15) is 0 Å². The zero-order valence-corrected chi connectivity index (χ0v) is 25.8. The molecule has 0 atom stereocenters. The molecular weight excluding hydrogens is 519 g/mol. The third-order valence-electron chi connectivity index (χ3n) is 8.55. The number of benzene rings is 2. The van der Waals surface area contributed by atoms with Gasteiger partial charge in [0.05, 0.1) is 27.8 Å². The van der Waals surface area contributed by atoms with Gasteiger partial charge in [0.25, 0.3) is 10.0 Å². The maximum absolute atomic E-state index is 13.6. The minimum Gasteiger partial charge on any atom is -0.399 e. The molecule has 0 spiro atoms. The van der Waals surface area contributed by atoms with E-state index in [0.717, 1.165) is 38.8 Å². The van der Waals surface area contributed by atoms with Gasteiger partial charge in [-0.25, -0.2) is 12.4 Å². The number of hydrogen-bond donors (Lipinski definition) is 0. The molecule has 5 rings (SSSR count). The Kier molecular flexibility index (Phi) is 7.05. The highest BCUT2D eigenvalue weighted by Gasteiger charge is 2.51. The zero-order valence-electron chi connectivity index (χ0n) is 25.0. The second-order valence-corrected chi connectivity index (χ2v) is 14.3. The Balaban J connectivity index is 1.50. The largest absolute Gasteiger partial charge is 0.494 e. The Labute approximate surface area is 238 Å². The van der Waals surface area contributed by atoms with E-state index in [1.807, 2.05) is 25.1 Å². The van der Waals surface area contributed by atoms with E-state index in [1.54, 1.807) is 24.5 Å². The van der Waals surface area contributed by atoms with E-state index in [4.69, 9.17) is 14.3 Å². The second kappa shape index (κ2) is 9.86. The van der Waals surface area contributed by atoms with E-state index < -0.39 is 28.3 Å². The van der Waals surface area contributed by atoms with Crippen molar-refractivity contribution in [2.45, 2.75) is 90.7 Å². The van der Waals surface area contributed by atoms with Gasteiger partial charge >= 0.3 is 7.12 Å². The Morgan fingerprint density at radius 2 is 1.50 bits per heavy atom. The number of nitrogens with zero attached hydrogens (tertiary/aromatic N) is 2. The summed E-state index contributed by atoms with van der Waals surface area (Å²) in [6.45, 7) is 18.6. The topological polar surface area (TPSA) is 70.4 Å². The molecule has 2 aromatic heterocycles. The normalized spacial score (nSPS) is 16.8. The van der Waals surface area contributed by atoms with Crippen molar-refractivity contribution in [1.29, 1.82) is 0 Å². The lowest BCUT2D eigenvalue weighted by Crippen LogP contribution is -2.41. The van der Waals surface area contributed by atoms with Crippen LogP contribution in [0.2, 0.25) is 0 Å². The van der Waals surface area contributed by atoms with Gasteiger partial charge < -0.3 is 9.31 Å². The summed E-state index contributed by atoms with van der Waals surface area (Å²) in [5.74, 6) is 0.148. The van der Waals surface area contributed by atoms with E-state index in [1.165, 1.54) is 9.54 Å². The van der Waals surface area contributed by atoms with Gasteiger partial charge in [-0.1, -0.05) is 43.7 Å². The Bertz CT molecular complexity index is 1660. The van der Waals surface area contributed by atoms with E-state index >= 15 is 0 Å². The summed E-state index contributed by atoms with van der Waals surface area (Å²) < 4.78 is 41.1. The zero-order chi connectivity index (χ0) is 29.2. The van der Waals surface area contributed by atoms with Crippen LogP contribution < -0.4 is 5.46 Å². The average Bonchev–Trinajstić information content (AvgIpc) is 3.35. The molecule has 0 bridgehead atoms. The number of rotatable bonds is 6. The lowest BCUT2D eigenvalue weighted by molar-refractivity contribution is 0.00578. The number of pyridine rings is 1. The van der Waals surface area contributed by atoms with Crippen LogP contribution in [-0.2, 0) is 25.8 Å². The molecule has 210 valence electrons. The van der Waals surface area contributed by atoms with Crippen molar-refractivity contribution < 1.29 is 17.7 Å². The summed E-state index contributed by atoms with van der Waals surface area (Å²) in [5, 5.41) is 0.917. The summed E-state index contributed by atoms with van der Waals surface area (Å²) in [6.07, 6.45) is 4.10. The van der Waals surface area contributed by atoms with Gasteiger partial charge in [0, 0.05) is 23.7 Å². The predicted molar refractivity (Wildman–Crippen MR) is 162 cm³/mol. The van der Waals surface area contributed by atoms with Gasteiger partial charge in [0.2, 0.25) is 0 Å². The van der Waals surface area contributed by atoms with Gasteiger partial charge in [-0.15, -0.1) is 0 Å². The van der Waals surface area contributed by atoms with Crippen LogP contribution in [0.4, 0.5) is 0 Å². The maximum Gasteiger partial charge on any atom is 0.494 e. The maximum atomic E-state index is 13.6. The SMILES string of the molecule is Cc1ccc(S(=O)(=O)n2cc(C(C)C)c3cc(Cc4c(C)cc(B5OC(C)(C)C(C)(C)O5)cc4C)ncc32)cc1. The van der Waals surface area contributed by atoms with Crippen LogP contribution in [0, 0.1) is 20.8 Å². The summed E-state index contributed by atoms with van der Waals surface area (Å²) in [6, 6.07) is 13.3. The molecule has 0 unspecified atom stereocenters. The van der Waals surface area contributed by atoms with E-state index in [9.17, 15) is 8.42 Å². The van der Waals surface area contributed by atoms with Crippen molar-refractivity contribution in [3.05, 3.63) is 88.4 Å². The van der Waals surface area contributed by atoms with Gasteiger partial charge in [-0.3, -0.25) is 4.98 Å². The molecule has 40 heavy (non-hydrogen) atoms. The van der Waals surface area contributed by atoms with E-state index in [-0.39, 0.29) is 10.8 Å². The van der Waals surface area contributed by atoms with Crippen molar-refractivity contribution in [1.82, 2.24) is 8.96 Å². The molecule has 0 saturated carbocycles. The molecule has 0 N–H and O–H groups in total. The Morgan fingerprint density at radius 1 is 0.925 bits per heavy atom. The third-order valence-corrected chi connectivity index (χ3v) is 10.2. The molecule has 6 nitrogen and oxygen atoms in total. The highest BCUT2D eigenvalue weighted by molar-refractivity contribution is 7.90. The first-order valence-electron chi connectivity index (χ1n) is 13.9. The van der Waals surface area contributed by atoms with Gasteiger partial charge in [-0.2, -0.15) is 0 Å². The Morgan fingerprint density at radius 3 is 2.05 bits per heavy atom. The molecule has 4 aromatic rings. The molecular formula is C32H39BN2O4S. The lowest BCUT2D eigenvalue weighted by Gasteiger charge is -2.32. The molecule has 1 fully saturated rings. The van der Waals surface area contributed by atoms with E-state index in [2.05, 4.69) is 67.5 Å². The first-order chi connectivity index (χ1) is 18.6. The van der Waals surface area contributed by atoms with Gasteiger partial charge in [0.15, 0.2) is 0 Å². The van der Waals surface area contributed by atoms with E-state index in [0.29, 0.717) is 11.9 Å². The molecule has 2 aromatic carbocycles. The Hall–Kier alpha value is -2.94. The monoisotopic (exact) mass is 558 g/mol. The smallest absolute Gasteiger partial charge is 0.399 e. The first kappa shape index (κ1) is 28.6. The van der Waals surface area contributed by atoms with Crippen LogP contribution in [0.3, 0.4) is 0 Å². The van der Waals surface area contributed by atoms with Crippen molar-refractivity contribution in [3.8, 4) is 0 Å². The van der Waals surface area contributed by atoms with Crippen LogP contribution in [0.15, 0.2) is 59.8 Å². The highest BCUT2D eigenvalue weighted by atomic mass is 32.2. The fraction of sp³-hybridized carbons (Fsp3) is 0.406. The fourth-order valence-electron chi connectivity index (χ4n) is 5.35. The predicted octanol–water partition coefficient (Wildman–Crippen LogP) is 6.21. The molecule has 1 aliphatic heterocycles. The molecule has 0 radical (unpaired) electrons. The van der Waals surface area contributed by atoms with Crippen LogP contribution in [-0.4, -0.2) is 35.7 Å².